The second-order valence-corrected chi connectivity index (χ2v) is 19.5. The van der Waals surface area contributed by atoms with Crippen LogP contribution in [0.3, 0.4) is 0 Å². The van der Waals surface area contributed by atoms with E-state index in [9.17, 15) is 0 Å². The summed E-state index contributed by atoms with van der Waals surface area (Å²) in [5.41, 5.74) is 7.25. The van der Waals surface area contributed by atoms with Gasteiger partial charge in [-0.2, -0.15) is 11.3 Å². The topological polar surface area (TPSA) is 25.8 Å². The third-order valence-electron chi connectivity index (χ3n) is 8.46. The zero-order valence-corrected chi connectivity index (χ0v) is 32.6. The van der Waals surface area contributed by atoms with Crippen LogP contribution in [0.1, 0.15) is 58.9 Å². The average molecular weight is 829 g/mol. The van der Waals surface area contributed by atoms with Gasteiger partial charge in [0.2, 0.25) is 0 Å². The van der Waals surface area contributed by atoms with Crippen LogP contribution < -0.4 is 5.19 Å². The Balaban J connectivity index is 0.000000221. The SMILES string of the molecule is Cc1cc(-c2[c-]cccc2)ncc1[Si](C)(C)C.[2H]C(C)(C)c1ccnc(-c2[c-]ccc3c2sc2cc4cc(C([2H])(C)C)ccc4cc23)c1.[Ir]. The average Bonchev–Trinajstić information content (AvgIpc) is 3.40. The van der Waals surface area contributed by atoms with Gasteiger partial charge in [-0.1, -0.05) is 94.2 Å². The van der Waals surface area contributed by atoms with Crippen LogP contribution in [0.4, 0.5) is 0 Å². The molecule has 0 aliphatic heterocycles. The molecule has 0 amide bonds. The van der Waals surface area contributed by atoms with E-state index in [1.165, 1.54) is 41.7 Å². The second-order valence-electron chi connectivity index (χ2n) is 13.4. The van der Waals surface area contributed by atoms with Crippen LogP contribution in [0.25, 0.3) is 53.5 Å². The van der Waals surface area contributed by atoms with Crippen LogP contribution in [-0.4, -0.2) is 18.0 Å². The Bertz CT molecular complexity index is 2260. The molecule has 7 aromatic rings. The van der Waals surface area contributed by atoms with Crippen LogP contribution >= 0.6 is 11.3 Å². The molecule has 0 N–H and O–H groups in total. The van der Waals surface area contributed by atoms with Gasteiger partial charge < -0.3 is 9.97 Å². The Morgan fingerprint density at radius 1 is 0.745 bits per heavy atom. The standard InChI is InChI=1S/C27H24NS.C15H18NSi.Ir/c1-16(2)18-8-9-20-13-24-22-6-5-7-23(25-14-19(17(3)4)10-11-28-25)27(22)29-26(24)15-21(20)12-18;1-12-10-14(13-8-6-5-7-9-13)16-11-15(12)17(2,3)4;/h5-6,8-17H,1-4H3;5-8,10-11H,1-4H3;/q2*-1;/i16D,17D;;. The van der Waals surface area contributed by atoms with Crippen molar-refractivity contribution in [3.05, 3.63) is 126 Å². The molecule has 1 radical (unpaired) electrons. The van der Waals surface area contributed by atoms with Crippen molar-refractivity contribution in [3.63, 3.8) is 0 Å². The molecule has 0 bridgehead atoms. The van der Waals surface area contributed by atoms with Gasteiger partial charge in [-0.15, -0.1) is 59.7 Å². The molecule has 0 saturated carbocycles. The van der Waals surface area contributed by atoms with E-state index in [-0.39, 0.29) is 20.1 Å². The molecule has 7 rings (SSSR count). The molecule has 47 heavy (non-hydrogen) atoms. The third kappa shape index (κ3) is 7.50. The van der Waals surface area contributed by atoms with Gasteiger partial charge in [-0.05, 0) is 79.9 Å². The number of nitrogens with zero attached hydrogens (tertiary/aromatic N) is 2. The summed E-state index contributed by atoms with van der Waals surface area (Å²) in [6.07, 6.45) is 3.84. The first kappa shape index (κ1) is 32.1. The summed E-state index contributed by atoms with van der Waals surface area (Å²) >= 11 is 1.76. The minimum Gasteiger partial charge on any atom is -0.305 e. The first-order valence-electron chi connectivity index (χ1n) is 16.8. The minimum atomic E-state index is -1.27. The summed E-state index contributed by atoms with van der Waals surface area (Å²) in [5.74, 6) is -1.29. The van der Waals surface area contributed by atoms with Gasteiger partial charge in [0.25, 0.3) is 0 Å². The Hall–Kier alpha value is -3.47. The number of benzene rings is 4. The maximum absolute atomic E-state index is 8.38. The number of thiophene rings is 1. The fourth-order valence-corrected chi connectivity index (χ4v) is 8.85. The number of aromatic nitrogens is 2. The molecule has 5 heteroatoms. The number of fused-ring (bicyclic) bond motifs is 4. The number of hydrogen-bond acceptors (Lipinski definition) is 3. The smallest absolute Gasteiger partial charge is 0.0798 e. The number of hydrogen-bond donors (Lipinski definition) is 0. The van der Waals surface area contributed by atoms with E-state index < -0.39 is 19.9 Å². The molecule has 0 aliphatic rings. The Kier molecular flexibility index (Phi) is 9.79. The summed E-state index contributed by atoms with van der Waals surface area (Å²) in [6, 6.07) is 35.6. The van der Waals surface area contributed by atoms with Crippen LogP contribution in [0.5, 0.6) is 0 Å². The molecular weight excluding hydrogens is 785 g/mol. The predicted octanol–water partition coefficient (Wildman–Crippen LogP) is 11.7. The maximum Gasteiger partial charge on any atom is 0.0798 e. The number of aryl methyl sites for hydroxylation is 1. The Morgan fingerprint density at radius 3 is 2.19 bits per heavy atom. The van der Waals surface area contributed by atoms with E-state index in [4.69, 9.17) is 2.74 Å². The molecule has 0 spiro atoms. The molecular formula is C42H42IrN2SSi-2. The summed E-state index contributed by atoms with van der Waals surface area (Å²) in [7, 11) is -1.27. The summed E-state index contributed by atoms with van der Waals surface area (Å²) in [6.45, 7) is 16.9. The normalized spacial score (nSPS) is 12.7. The van der Waals surface area contributed by atoms with Gasteiger partial charge >= 0.3 is 0 Å². The fourth-order valence-electron chi connectivity index (χ4n) is 5.90. The summed E-state index contributed by atoms with van der Waals surface area (Å²) < 4.78 is 19.1. The molecule has 0 aliphatic carbocycles. The summed E-state index contributed by atoms with van der Waals surface area (Å²) in [4.78, 5) is 9.19. The van der Waals surface area contributed by atoms with Gasteiger partial charge in [0.15, 0.2) is 0 Å². The molecule has 3 aromatic heterocycles. The zero-order valence-electron chi connectivity index (χ0n) is 30.4. The van der Waals surface area contributed by atoms with Gasteiger partial charge in [-0.3, -0.25) is 0 Å². The van der Waals surface area contributed by atoms with Crippen molar-refractivity contribution in [2.75, 3.05) is 0 Å². The zero-order chi connectivity index (χ0) is 34.4. The molecule has 4 aromatic carbocycles. The van der Waals surface area contributed by atoms with Gasteiger partial charge in [0.1, 0.15) is 0 Å². The van der Waals surface area contributed by atoms with E-state index in [1.807, 2.05) is 64.1 Å². The van der Waals surface area contributed by atoms with Crippen LogP contribution in [-0.2, 0) is 20.1 Å². The second kappa shape index (κ2) is 14.3. The van der Waals surface area contributed by atoms with Crippen molar-refractivity contribution >= 4 is 55.5 Å². The van der Waals surface area contributed by atoms with Crippen LogP contribution in [0, 0.1) is 19.1 Å². The van der Waals surface area contributed by atoms with Gasteiger partial charge in [-0.25, -0.2) is 0 Å². The number of pyridine rings is 2. The van der Waals surface area contributed by atoms with Crippen molar-refractivity contribution < 1.29 is 22.8 Å². The van der Waals surface area contributed by atoms with Crippen molar-refractivity contribution in [2.45, 2.75) is 66.0 Å². The quantitative estimate of drug-likeness (QED) is 0.128. The van der Waals surface area contributed by atoms with Crippen molar-refractivity contribution in [1.29, 1.82) is 0 Å². The monoisotopic (exact) mass is 829 g/mol. The third-order valence-corrected chi connectivity index (χ3v) is 11.8. The minimum absolute atomic E-state index is 0. The molecule has 0 atom stereocenters. The van der Waals surface area contributed by atoms with Crippen LogP contribution in [0.15, 0.2) is 97.3 Å². The predicted molar refractivity (Wildman–Crippen MR) is 203 cm³/mol. The fraction of sp³-hybridized carbons (Fsp3) is 0.238. The first-order chi connectivity index (χ1) is 22.6. The van der Waals surface area contributed by atoms with Crippen molar-refractivity contribution in [3.8, 4) is 22.5 Å². The van der Waals surface area contributed by atoms with E-state index in [1.54, 1.807) is 17.5 Å². The van der Waals surface area contributed by atoms with Crippen LogP contribution in [0.2, 0.25) is 19.6 Å². The molecule has 241 valence electrons. The van der Waals surface area contributed by atoms with E-state index in [2.05, 4.69) is 103 Å². The molecule has 0 unspecified atom stereocenters. The molecule has 0 saturated heterocycles. The Labute approximate surface area is 301 Å². The molecule has 2 nitrogen and oxygen atoms in total. The first-order valence-corrected chi connectivity index (χ1v) is 20.1. The molecule has 0 fully saturated rings. The maximum atomic E-state index is 8.38. The molecule has 3 heterocycles. The van der Waals surface area contributed by atoms with E-state index >= 15 is 0 Å². The van der Waals surface area contributed by atoms with E-state index in [0.717, 1.165) is 33.6 Å². The van der Waals surface area contributed by atoms with Gasteiger partial charge in [0.05, 0.1) is 8.07 Å². The van der Waals surface area contributed by atoms with Crippen molar-refractivity contribution in [1.82, 2.24) is 9.97 Å². The number of rotatable bonds is 5. The largest absolute Gasteiger partial charge is 0.305 e. The van der Waals surface area contributed by atoms with E-state index in [0.29, 0.717) is 0 Å². The Morgan fingerprint density at radius 2 is 1.51 bits per heavy atom. The summed E-state index contributed by atoms with van der Waals surface area (Å²) in [5, 5.41) is 6.23. The van der Waals surface area contributed by atoms with Gasteiger partial charge in [0, 0.05) is 39.9 Å². The van der Waals surface area contributed by atoms with Crippen molar-refractivity contribution in [2.24, 2.45) is 0 Å².